The van der Waals surface area contributed by atoms with Crippen LogP contribution in [0.3, 0.4) is 0 Å². The number of hydrogen-bond acceptors (Lipinski definition) is 2. The van der Waals surface area contributed by atoms with Gasteiger partial charge in [0.25, 0.3) is 0 Å². The minimum Gasteiger partial charge on any atom is -0.351 e. The van der Waals surface area contributed by atoms with Crippen LogP contribution in [0.15, 0.2) is 12.7 Å². The largest absolute Gasteiger partial charge is 0.351 e. The van der Waals surface area contributed by atoms with Crippen molar-refractivity contribution in [3.63, 3.8) is 0 Å². The second-order valence-corrected chi connectivity index (χ2v) is 2.40. The molecule has 4 N–H and O–H groups in total. The Kier molecular flexibility index (Phi) is 5.20. The van der Waals surface area contributed by atoms with Gasteiger partial charge in [0.1, 0.15) is 0 Å². The number of carbonyl (C=O) groups is 1. The number of carbonyl (C=O) groups excluding carboxylic acids is 1. The van der Waals surface area contributed by atoms with Crippen LogP contribution in [0.1, 0.15) is 19.8 Å². The Bertz CT molecular complexity index is 136. The first-order valence-corrected chi connectivity index (χ1v) is 3.58. The summed E-state index contributed by atoms with van der Waals surface area (Å²) in [4.78, 5) is 10.2. The SMILES string of the molecule is C=CCCC(C)NNC(N)=O. The third-order valence-electron chi connectivity index (χ3n) is 1.25. The maximum absolute atomic E-state index is 10.2. The van der Waals surface area contributed by atoms with E-state index in [2.05, 4.69) is 17.4 Å². The molecule has 2 amide bonds. The summed E-state index contributed by atoms with van der Waals surface area (Å²) in [7, 11) is 0. The molecular weight excluding hydrogens is 142 g/mol. The summed E-state index contributed by atoms with van der Waals surface area (Å²) < 4.78 is 0. The number of hydrogen-bond donors (Lipinski definition) is 3. The Morgan fingerprint density at radius 2 is 2.45 bits per heavy atom. The van der Waals surface area contributed by atoms with Crippen molar-refractivity contribution >= 4 is 6.03 Å². The van der Waals surface area contributed by atoms with Gasteiger partial charge in [-0.25, -0.2) is 10.2 Å². The monoisotopic (exact) mass is 157 g/mol. The molecule has 0 aromatic rings. The lowest BCUT2D eigenvalue weighted by atomic mass is 10.2. The van der Waals surface area contributed by atoms with Crippen LogP contribution in [0, 0.1) is 0 Å². The van der Waals surface area contributed by atoms with Crippen molar-refractivity contribution < 1.29 is 4.79 Å². The summed E-state index contributed by atoms with van der Waals surface area (Å²) >= 11 is 0. The van der Waals surface area contributed by atoms with Gasteiger partial charge in [-0.05, 0) is 19.8 Å². The van der Waals surface area contributed by atoms with E-state index in [0.29, 0.717) is 0 Å². The molecule has 0 radical (unpaired) electrons. The first kappa shape index (κ1) is 9.97. The quantitative estimate of drug-likeness (QED) is 0.402. The van der Waals surface area contributed by atoms with Crippen LogP contribution in [0.25, 0.3) is 0 Å². The van der Waals surface area contributed by atoms with Crippen LogP contribution in [0.2, 0.25) is 0 Å². The van der Waals surface area contributed by atoms with E-state index < -0.39 is 6.03 Å². The van der Waals surface area contributed by atoms with Gasteiger partial charge >= 0.3 is 6.03 Å². The number of allylic oxidation sites excluding steroid dienone is 1. The molecular formula is C7H15N3O. The molecule has 64 valence electrons. The lowest BCUT2D eigenvalue weighted by Gasteiger charge is -2.11. The van der Waals surface area contributed by atoms with Gasteiger partial charge in [0.05, 0.1) is 0 Å². The number of primary amides is 1. The molecule has 0 aromatic carbocycles. The van der Waals surface area contributed by atoms with E-state index in [1.807, 2.05) is 13.0 Å². The van der Waals surface area contributed by atoms with Crippen molar-refractivity contribution in [1.29, 1.82) is 0 Å². The molecule has 0 saturated carbocycles. The Morgan fingerprint density at radius 3 is 2.91 bits per heavy atom. The second-order valence-electron chi connectivity index (χ2n) is 2.40. The molecule has 0 bridgehead atoms. The number of nitrogens with one attached hydrogen (secondary N) is 2. The molecule has 1 unspecified atom stereocenters. The smallest absolute Gasteiger partial charge is 0.326 e. The van der Waals surface area contributed by atoms with Gasteiger partial charge in [-0.3, -0.25) is 5.43 Å². The van der Waals surface area contributed by atoms with Crippen LogP contribution >= 0.6 is 0 Å². The zero-order chi connectivity index (χ0) is 8.69. The third kappa shape index (κ3) is 6.86. The normalized spacial score (nSPS) is 12.1. The molecule has 4 nitrogen and oxygen atoms in total. The van der Waals surface area contributed by atoms with E-state index in [9.17, 15) is 4.79 Å². The molecule has 4 heteroatoms. The van der Waals surface area contributed by atoms with Crippen molar-refractivity contribution in [2.75, 3.05) is 0 Å². The summed E-state index contributed by atoms with van der Waals surface area (Å²) in [5.41, 5.74) is 9.89. The summed E-state index contributed by atoms with van der Waals surface area (Å²) in [6.45, 7) is 5.55. The van der Waals surface area contributed by atoms with Crippen LogP contribution in [0.5, 0.6) is 0 Å². The van der Waals surface area contributed by atoms with Gasteiger partial charge in [0.15, 0.2) is 0 Å². The van der Waals surface area contributed by atoms with Crippen LogP contribution < -0.4 is 16.6 Å². The Hall–Kier alpha value is -1.03. The molecule has 11 heavy (non-hydrogen) atoms. The number of hydrazine groups is 1. The Morgan fingerprint density at radius 1 is 1.82 bits per heavy atom. The predicted octanol–water partition coefficient (Wildman–Crippen LogP) is 0.514. The highest BCUT2D eigenvalue weighted by molar-refractivity contribution is 5.70. The van der Waals surface area contributed by atoms with Gasteiger partial charge < -0.3 is 5.73 Å². The molecule has 0 rings (SSSR count). The van der Waals surface area contributed by atoms with E-state index in [-0.39, 0.29) is 6.04 Å². The lowest BCUT2D eigenvalue weighted by molar-refractivity contribution is 0.242. The first-order chi connectivity index (χ1) is 5.16. The van der Waals surface area contributed by atoms with Crippen molar-refractivity contribution in [1.82, 2.24) is 10.9 Å². The van der Waals surface area contributed by atoms with E-state index in [4.69, 9.17) is 5.73 Å². The standard InChI is InChI=1S/C7H15N3O/c1-3-4-5-6(2)9-10-7(8)11/h3,6,9H,1,4-5H2,2H3,(H3,8,10,11). The number of amides is 2. The summed E-state index contributed by atoms with van der Waals surface area (Å²) in [5.74, 6) is 0. The summed E-state index contributed by atoms with van der Waals surface area (Å²) in [6, 6.07) is -0.337. The molecule has 0 aromatic heterocycles. The van der Waals surface area contributed by atoms with Crippen molar-refractivity contribution in [2.45, 2.75) is 25.8 Å². The van der Waals surface area contributed by atoms with Crippen LogP contribution in [0.4, 0.5) is 4.79 Å². The van der Waals surface area contributed by atoms with Crippen molar-refractivity contribution in [3.05, 3.63) is 12.7 Å². The molecule has 0 spiro atoms. The van der Waals surface area contributed by atoms with Gasteiger partial charge in [-0.2, -0.15) is 0 Å². The second kappa shape index (κ2) is 5.73. The lowest BCUT2D eigenvalue weighted by Crippen LogP contribution is -2.45. The fraction of sp³-hybridized carbons (Fsp3) is 0.571. The molecule has 0 heterocycles. The fourth-order valence-electron chi connectivity index (χ4n) is 0.634. The van der Waals surface area contributed by atoms with Crippen LogP contribution in [-0.2, 0) is 0 Å². The predicted molar refractivity (Wildman–Crippen MR) is 44.7 cm³/mol. The number of urea groups is 1. The van der Waals surface area contributed by atoms with Gasteiger partial charge in [-0.1, -0.05) is 6.08 Å². The van der Waals surface area contributed by atoms with Gasteiger partial charge in [-0.15, -0.1) is 6.58 Å². The molecule has 1 atom stereocenters. The number of nitrogens with two attached hydrogens (primary N) is 1. The Labute approximate surface area is 66.8 Å². The summed E-state index contributed by atoms with van der Waals surface area (Å²) in [5, 5.41) is 0. The highest BCUT2D eigenvalue weighted by Crippen LogP contribution is 1.94. The fourth-order valence-corrected chi connectivity index (χ4v) is 0.634. The molecule has 0 aliphatic rings. The van der Waals surface area contributed by atoms with E-state index in [1.165, 1.54) is 0 Å². The van der Waals surface area contributed by atoms with Crippen LogP contribution in [-0.4, -0.2) is 12.1 Å². The average molecular weight is 157 g/mol. The van der Waals surface area contributed by atoms with Crippen molar-refractivity contribution in [3.8, 4) is 0 Å². The highest BCUT2D eigenvalue weighted by atomic mass is 16.2. The zero-order valence-electron chi connectivity index (χ0n) is 6.76. The van der Waals surface area contributed by atoms with Gasteiger partial charge in [0, 0.05) is 6.04 Å². The third-order valence-corrected chi connectivity index (χ3v) is 1.25. The van der Waals surface area contributed by atoms with Gasteiger partial charge in [0.2, 0.25) is 0 Å². The molecule has 0 aliphatic heterocycles. The minimum atomic E-state index is -0.560. The maximum atomic E-state index is 10.2. The van der Waals surface area contributed by atoms with Crippen molar-refractivity contribution in [2.24, 2.45) is 5.73 Å². The molecule has 0 saturated heterocycles. The molecule has 0 fully saturated rings. The topological polar surface area (TPSA) is 67.2 Å². The summed E-state index contributed by atoms with van der Waals surface area (Å²) in [6.07, 6.45) is 3.70. The maximum Gasteiger partial charge on any atom is 0.326 e. The molecule has 0 aliphatic carbocycles. The van der Waals surface area contributed by atoms with E-state index in [1.54, 1.807) is 0 Å². The van der Waals surface area contributed by atoms with E-state index in [0.717, 1.165) is 12.8 Å². The number of rotatable bonds is 5. The average Bonchev–Trinajstić information content (AvgIpc) is 1.97. The first-order valence-electron chi connectivity index (χ1n) is 3.58. The van der Waals surface area contributed by atoms with E-state index >= 15 is 0 Å². The minimum absolute atomic E-state index is 0.223. The Balaban J connectivity index is 3.28. The highest BCUT2D eigenvalue weighted by Gasteiger charge is 1.98. The zero-order valence-corrected chi connectivity index (χ0v) is 6.76.